The lowest BCUT2D eigenvalue weighted by Gasteiger charge is -2.17. The molecule has 0 radical (unpaired) electrons. The van der Waals surface area contributed by atoms with Crippen molar-refractivity contribution in [2.24, 2.45) is 5.92 Å². The molecule has 0 spiro atoms. The van der Waals surface area contributed by atoms with Crippen LogP contribution in [0.2, 0.25) is 0 Å². The van der Waals surface area contributed by atoms with Crippen molar-refractivity contribution >= 4 is 0 Å². The molecule has 0 saturated carbocycles. The lowest BCUT2D eigenvalue weighted by Crippen LogP contribution is -2.36. The number of nitrogens with one attached hydrogen (secondary N) is 1. The van der Waals surface area contributed by atoms with E-state index in [1.54, 1.807) is 13.8 Å². The lowest BCUT2D eigenvalue weighted by molar-refractivity contribution is 0.0736. The van der Waals surface area contributed by atoms with Crippen LogP contribution in [0.1, 0.15) is 34.1 Å². The smallest absolute Gasteiger partial charge is 0.0715 e. The molecular formula is C11H25NO2. The van der Waals surface area contributed by atoms with Crippen LogP contribution in [0.5, 0.6) is 0 Å². The highest BCUT2D eigenvalue weighted by molar-refractivity contribution is 4.67. The zero-order chi connectivity index (χ0) is 11.0. The highest BCUT2D eigenvalue weighted by atomic mass is 16.5. The van der Waals surface area contributed by atoms with Crippen LogP contribution in [0.25, 0.3) is 0 Å². The minimum absolute atomic E-state index is 0.612. The minimum atomic E-state index is -0.627. The summed E-state index contributed by atoms with van der Waals surface area (Å²) in [5, 5.41) is 12.5. The monoisotopic (exact) mass is 203 g/mol. The number of aliphatic hydroxyl groups is 1. The SMILES string of the molecule is CC(C)CCOCCNCC(C)(C)O. The van der Waals surface area contributed by atoms with E-state index in [2.05, 4.69) is 19.2 Å². The first-order valence-electron chi connectivity index (χ1n) is 5.42. The van der Waals surface area contributed by atoms with Gasteiger partial charge in [-0.15, -0.1) is 0 Å². The molecule has 0 fully saturated rings. The van der Waals surface area contributed by atoms with Gasteiger partial charge < -0.3 is 15.2 Å². The summed E-state index contributed by atoms with van der Waals surface area (Å²) in [6.45, 7) is 10.9. The Kier molecular flexibility index (Phi) is 7.15. The zero-order valence-corrected chi connectivity index (χ0v) is 9.97. The fourth-order valence-electron chi connectivity index (χ4n) is 0.960. The van der Waals surface area contributed by atoms with E-state index in [4.69, 9.17) is 4.74 Å². The Morgan fingerprint density at radius 1 is 1.29 bits per heavy atom. The molecule has 0 heterocycles. The van der Waals surface area contributed by atoms with Gasteiger partial charge in [-0.05, 0) is 26.2 Å². The molecule has 0 aromatic heterocycles. The first-order chi connectivity index (χ1) is 6.42. The van der Waals surface area contributed by atoms with Crippen LogP contribution in [0, 0.1) is 5.92 Å². The van der Waals surface area contributed by atoms with Gasteiger partial charge in [0, 0.05) is 19.7 Å². The Labute approximate surface area is 87.8 Å². The van der Waals surface area contributed by atoms with Crippen molar-refractivity contribution in [3.05, 3.63) is 0 Å². The molecule has 0 aliphatic carbocycles. The van der Waals surface area contributed by atoms with Crippen LogP contribution >= 0.6 is 0 Å². The third-order valence-electron chi connectivity index (χ3n) is 1.82. The van der Waals surface area contributed by atoms with Crippen LogP contribution in [-0.2, 0) is 4.74 Å². The number of hydrogen-bond donors (Lipinski definition) is 2. The quantitative estimate of drug-likeness (QED) is 0.586. The maximum atomic E-state index is 9.39. The molecule has 86 valence electrons. The highest BCUT2D eigenvalue weighted by Gasteiger charge is 2.10. The summed E-state index contributed by atoms with van der Waals surface area (Å²) in [6.07, 6.45) is 1.12. The predicted octanol–water partition coefficient (Wildman–Crippen LogP) is 1.41. The summed E-state index contributed by atoms with van der Waals surface area (Å²) in [5.74, 6) is 0.708. The summed E-state index contributed by atoms with van der Waals surface area (Å²) in [5.41, 5.74) is -0.627. The molecule has 14 heavy (non-hydrogen) atoms. The molecule has 0 unspecified atom stereocenters. The summed E-state index contributed by atoms with van der Waals surface area (Å²) in [7, 11) is 0. The van der Waals surface area contributed by atoms with Crippen LogP contribution in [0.4, 0.5) is 0 Å². The van der Waals surface area contributed by atoms with Gasteiger partial charge in [-0.25, -0.2) is 0 Å². The van der Waals surface area contributed by atoms with Gasteiger partial charge in [0.05, 0.1) is 12.2 Å². The summed E-state index contributed by atoms with van der Waals surface area (Å²) in [6, 6.07) is 0. The van der Waals surface area contributed by atoms with Crippen LogP contribution in [-0.4, -0.2) is 37.0 Å². The molecular weight excluding hydrogens is 178 g/mol. The van der Waals surface area contributed by atoms with Crippen LogP contribution < -0.4 is 5.32 Å². The first kappa shape index (κ1) is 13.9. The van der Waals surface area contributed by atoms with Gasteiger partial charge in [-0.3, -0.25) is 0 Å². The summed E-state index contributed by atoms with van der Waals surface area (Å²) < 4.78 is 5.42. The molecule has 0 aliphatic heterocycles. The molecule has 2 N–H and O–H groups in total. The Morgan fingerprint density at radius 2 is 1.93 bits per heavy atom. The van der Waals surface area contributed by atoms with Gasteiger partial charge in [0.15, 0.2) is 0 Å². The maximum absolute atomic E-state index is 9.39. The maximum Gasteiger partial charge on any atom is 0.0715 e. The van der Waals surface area contributed by atoms with E-state index in [0.717, 1.165) is 26.2 Å². The van der Waals surface area contributed by atoms with E-state index in [9.17, 15) is 5.11 Å². The van der Waals surface area contributed by atoms with Crippen LogP contribution in [0.15, 0.2) is 0 Å². The molecule has 0 saturated heterocycles. The van der Waals surface area contributed by atoms with Crippen molar-refractivity contribution in [2.45, 2.75) is 39.7 Å². The molecule has 0 aromatic rings. The summed E-state index contributed by atoms with van der Waals surface area (Å²) in [4.78, 5) is 0. The van der Waals surface area contributed by atoms with E-state index in [-0.39, 0.29) is 0 Å². The third kappa shape index (κ3) is 11.9. The van der Waals surface area contributed by atoms with Crippen molar-refractivity contribution in [1.29, 1.82) is 0 Å². The van der Waals surface area contributed by atoms with Gasteiger partial charge >= 0.3 is 0 Å². The lowest BCUT2D eigenvalue weighted by atomic mass is 10.1. The topological polar surface area (TPSA) is 41.5 Å². The average molecular weight is 203 g/mol. The van der Waals surface area contributed by atoms with Crippen molar-refractivity contribution in [1.82, 2.24) is 5.32 Å². The average Bonchev–Trinajstić information content (AvgIpc) is 2.00. The summed E-state index contributed by atoms with van der Waals surface area (Å²) >= 11 is 0. The Morgan fingerprint density at radius 3 is 2.43 bits per heavy atom. The van der Waals surface area contributed by atoms with E-state index in [1.807, 2.05) is 0 Å². The Hall–Kier alpha value is -0.120. The normalized spacial score (nSPS) is 12.4. The second-order valence-corrected chi connectivity index (χ2v) is 4.78. The standard InChI is InChI=1S/C11H25NO2/c1-10(2)5-7-14-8-6-12-9-11(3,4)13/h10,12-13H,5-9H2,1-4H3. The van der Waals surface area contributed by atoms with Gasteiger partial charge in [-0.2, -0.15) is 0 Å². The predicted molar refractivity (Wildman–Crippen MR) is 59.4 cm³/mol. The van der Waals surface area contributed by atoms with Gasteiger partial charge in [-0.1, -0.05) is 13.8 Å². The molecule has 0 rings (SSSR count). The van der Waals surface area contributed by atoms with E-state index >= 15 is 0 Å². The van der Waals surface area contributed by atoms with E-state index < -0.39 is 5.60 Å². The Bertz CT molecular complexity index is 130. The second kappa shape index (κ2) is 7.21. The van der Waals surface area contributed by atoms with Crippen molar-refractivity contribution < 1.29 is 9.84 Å². The first-order valence-corrected chi connectivity index (χ1v) is 5.42. The van der Waals surface area contributed by atoms with E-state index in [1.165, 1.54) is 0 Å². The molecule has 0 amide bonds. The van der Waals surface area contributed by atoms with Crippen molar-refractivity contribution in [3.8, 4) is 0 Å². The molecule has 3 nitrogen and oxygen atoms in total. The third-order valence-corrected chi connectivity index (χ3v) is 1.82. The molecule has 0 aromatic carbocycles. The van der Waals surface area contributed by atoms with Gasteiger partial charge in [0.2, 0.25) is 0 Å². The molecule has 0 aliphatic rings. The Balaban J connectivity index is 3.07. The second-order valence-electron chi connectivity index (χ2n) is 4.78. The van der Waals surface area contributed by atoms with Gasteiger partial charge in [0.25, 0.3) is 0 Å². The van der Waals surface area contributed by atoms with E-state index in [0.29, 0.717) is 12.5 Å². The molecule has 0 atom stereocenters. The fourth-order valence-corrected chi connectivity index (χ4v) is 0.960. The number of hydrogen-bond acceptors (Lipinski definition) is 3. The van der Waals surface area contributed by atoms with Gasteiger partial charge in [0.1, 0.15) is 0 Å². The number of rotatable bonds is 8. The fraction of sp³-hybridized carbons (Fsp3) is 1.00. The number of ether oxygens (including phenoxy) is 1. The highest BCUT2D eigenvalue weighted by Crippen LogP contribution is 1.98. The molecule has 3 heteroatoms. The minimum Gasteiger partial charge on any atom is -0.389 e. The van der Waals surface area contributed by atoms with Crippen molar-refractivity contribution in [2.75, 3.05) is 26.3 Å². The van der Waals surface area contributed by atoms with Crippen LogP contribution in [0.3, 0.4) is 0 Å². The largest absolute Gasteiger partial charge is 0.389 e. The molecule has 0 bridgehead atoms. The zero-order valence-electron chi connectivity index (χ0n) is 9.97. The van der Waals surface area contributed by atoms with Crippen molar-refractivity contribution in [3.63, 3.8) is 0 Å².